The fourth-order valence-electron chi connectivity index (χ4n) is 2.74. The minimum absolute atomic E-state index is 0.399. The van der Waals surface area contributed by atoms with Crippen molar-refractivity contribution < 1.29 is 14.3 Å². The molecule has 0 saturated heterocycles. The van der Waals surface area contributed by atoms with E-state index in [0.29, 0.717) is 28.0 Å². The summed E-state index contributed by atoms with van der Waals surface area (Å²) in [5, 5.41) is 1.43. The highest BCUT2D eigenvalue weighted by molar-refractivity contribution is 6.30. The molecule has 0 aliphatic carbocycles. The summed E-state index contributed by atoms with van der Waals surface area (Å²) in [5.74, 6) is 1.13. The van der Waals surface area contributed by atoms with Gasteiger partial charge < -0.3 is 9.47 Å². The zero-order valence-electron chi connectivity index (χ0n) is 14.9. The quantitative estimate of drug-likeness (QED) is 0.429. The molecule has 28 heavy (non-hydrogen) atoms. The molecule has 3 aromatic carbocycles. The Labute approximate surface area is 166 Å². The minimum atomic E-state index is -0.399. The van der Waals surface area contributed by atoms with Gasteiger partial charge in [0.05, 0.1) is 23.6 Å². The molecule has 6 heteroatoms. The van der Waals surface area contributed by atoms with Gasteiger partial charge in [-0.25, -0.2) is 9.78 Å². The van der Waals surface area contributed by atoms with Crippen molar-refractivity contribution in [2.24, 2.45) is 0 Å². The van der Waals surface area contributed by atoms with Crippen LogP contribution in [0.2, 0.25) is 5.02 Å². The number of carbonyl (C=O) groups excluding carboxylic acids is 1. The van der Waals surface area contributed by atoms with E-state index in [1.807, 2.05) is 36.4 Å². The Kier molecular flexibility index (Phi) is 4.91. The minimum Gasteiger partial charge on any atom is -0.465 e. The Morgan fingerprint density at radius 2 is 1.61 bits per heavy atom. The summed E-state index contributed by atoms with van der Waals surface area (Å²) in [5.41, 5.74) is 2.05. The molecule has 0 atom stereocenters. The molecule has 0 aliphatic rings. The van der Waals surface area contributed by atoms with Crippen LogP contribution in [0.1, 0.15) is 10.4 Å². The molecule has 0 amide bonds. The number of rotatable bonds is 4. The van der Waals surface area contributed by atoms with Gasteiger partial charge in [0.25, 0.3) is 0 Å². The molecule has 0 N–H and O–H groups in total. The lowest BCUT2D eigenvalue weighted by atomic mass is 10.2. The maximum atomic E-state index is 11.6. The van der Waals surface area contributed by atoms with E-state index in [9.17, 15) is 4.79 Å². The lowest BCUT2D eigenvalue weighted by molar-refractivity contribution is 0.0600. The van der Waals surface area contributed by atoms with Gasteiger partial charge in [0.15, 0.2) is 5.82 Å². The Morgan fingerprint density at radius 3 is 2.32 bits per heavy atom. The summed E-state index contributed by atoms with van der Waals surface area (Å²) in [4.78, 5) is 20.8. The molecule has 4 rings (SSSR count). The summed E-state index contributed by atoms with van der Waals surface area (Å²) < 4.78 is 10.7. The largest absolute Gasteiger partial charge is 0.465 e. The number of esters is 1. The van der Waals surface area contributed by atoms with Crippen LogP contribution >= 0.6 is 11.6 Å². The van der Waals surface area contributed by atoms with Crippen molar-refractivity contribution in [1.82, 2.24) is 9.97 Å². The van der Waals surface area contributed by atoms with E-state index in [1.54, 1.807) is 36.4 Å². The number of para-hydroxylation sites is 1. The maximum Gasteiger partial charge on any atom is 0.337 e. The maximum absolute atomic E-state index is 11.6. The number of fused-ring (bicyclic) bond motifs is 1. The summed E-state index contributed by atoms with van der Waals surface area (Å²) in [6.07, 6.45) is 0. The third-order valence-electron chi connectivity index (χ3n) is 4.16. The standard InChI is InChI=1S/C22H15ClN2O3/c1-27-22(26)15-8-12-17(13-9-15)28-21-18-4-2-3-5-19(18)24-20(25-21)14-6-10-16(23)11-7-14/h2-13H,1H3. The molecule has 0 aliphatic heterocycles. The summed E-state index contributed by atoms with van der Waals surface area (Å²) in [7, 11) is 1.35. The molecule has 0 saturated carbocycles. The predicted molar refractivity (Wildman–Crippen MR) is 108 cm³/mol. The van der Waals surface area contributed by atoms with Crippen molar-refractivity contribution >= 4 is 28.5 Å². The number of halogens is 1. The van der Waals surface area contributed by atoms with Crippen LogP contribution in [0.3, 0.4) is 0 Å². The van der Waals surface area contributed by atoms with E-state index in [0.717, 1.165) is 16.5 Å². The van der Waals surface area contributed by atoms with Crippen LogP contribution in [-0.2, 0) is 4.74 Å². The van der Waals surface area contributed by atoms with Gasteiger partial charge in [0.2, 0.25) is 5.88 Å². The normalized spacial score (nSPS) is 10.6. The molecule has 1 aromatic heterocycles. The van der Waals surface area contributed by atoms with Gasteiger partial charge in [0, 0.05) is 10.6 Å². The molecule has 5 nitrogen and oxygen atoms in total. The van der Waals surface area contributed by atoms with Crippen molar-refractivity contribution in [2.75, 3.05) is 7.11 Å². The van der Waals surface area contributed by atoms with Crippen LogP contribution in [-0.4, -0.2) is 23.0 Å². The highest BCUT2D eigenvalue weighted by Gasteiger charge is 2.12. The summed E-state index contributed by atoms with van der Waals surface area (Å²) in [6, 6.07) is 21.6. The molecule has 4 aromatic rings. The van der Waals surface area contributed by atoms with Crippen LogP contribution < -0.4 is 4.74 Å². The van der Waals surface area contributed by atoms with Crippen LogP contribution in [0.5, 0.6) is 11.6 Å². The fourth-order valence-corrected chi connectivity index (χ4v) is 2.87. The zero-order valence-corrected chi connectivity index (χ0v) is 15.7. The lowest BCUT2D eigenvalue weighted by Crippen LogP contribution is -2.00. The van der Waals surface area contributed by atoms with Crippen LogP contribution in [0.25, 0.3) is 22.3 Å². The first-order valence-electron chi connectivity index (χ1n) is 8.53. The number of carbonyl (C=O) groups is 1. The number of hydrogen-bond acceptors (Lipinski definition) is 5. The van der Waals surface area contributed by atoms with Crippen LogP contribution in [0, 0.1) is 0 Å². The first-order valence-corrected chi connectivity index (χ1v) is 8.91. The van der Waals surface area contributed by atoms with Gasteiger partial charge in [-0.15, -0.1) is 0 Å². The first kappa shape index (κ1) is 17.9. The third-order valence-corrected chi connectivity index (χ3v) is 4.41. The van der Waals surface area contributed by atoms with Gasteiger partial charge >= 0.3 is 5.97 Å². The molecule has 0 bridgehead atoms. The highest BCUT2D eigenvalue weighted by atomic mass is 35.5. The Balaban J connectivity index is 1.75. The molecule has 0 radical (unpaired) electrons. The molecule has 0 unspecified atom stereocenters. The Morgan fingerprint density at radius 1 is 0.893 bits per heavy atom. The number of hydrogen-bond donors (Lipinski definition) is 0. The molecule has 0 fully saturated rings. The van der Waals surface area contributed by atoms with E-state index in [2.05, 4.69) is 9.97 Å². The molecule has 1 heterocycles. The van der Waals surface area contributed by atoms with Gasteiger partial charge in [0.1, 0.15) is 5.75 Å². The second-order valence-corrected chi connectivity index (χ2v) is 6.43. The number of ether oxygens (including phenoxy) is 2. The Bertz CT molecular complexity index is 1140. The topological polar surface area (TPSA) is 61.3 Å². The molecule has 138 valence electrons. The number of methoxy groups -OCH3 is 1. The summed E-state index contributed by atoms with van der Waals surface area (Å²) >= 11 is 5.98. The van der Waals surface area contributed by atoms with Crippen molar-refractivity contribution in [3.05, 3.63) is 83.4 Å². The highest BCUT2D eigenvalue weighted by Crippen LogP contribution is 2.30. The lowest BCUT2D eigenvalue weighted by Gasteiger charge is -2.10. The van der Waals surface area contributed by atoms with E-state index in [1.165, 1.54) is 7.11 Å². The second-order valence-electron chi connectivity index (χ2n) is 5.99. The van der Waals surface area contributed by atoms with Gasteiger partial charge in [-0.2, -0.15) is 4.98 Å². The average Bonchev–Trinajstić information content (AvgIpc) is 2.74. The van der Waals surface area contributed by atoms with Crippen molar-refractivity contribution in [3.8, 4) is 23.0 Å². The van der Waals surface area contributed by atoms with Gasteiger partial charge in [-0.3, -0.25) is 0 Å². The fraction of sp³-hybridized carbons (Fsp3) is 0.0455. The average molecular weight is 391 g/mol. The van der Waals surface area contributed by atoms with Crippen molar-refractivity contribution in [1.29, 1.82) is 0 Å². The summed E-state index contributed by atoms with van der Waals surface area (Å²) in [6.45, 7) is 0. The number of nitrogens with zero attached hydrogens (tertiary/aromatic N) is 2. The monoisotopic (exact) mass is 390 g/mol. The number of aromatic nitrogens is 2. The van der Waals surface area contributed by atoms with E-state index in [4.69, 9.17) is 21.1 Å². The predicted octanol–water partition coefficient (Wildman–Crippen LogP) is 5.53. The van der Waals surface area contributed by atoms with E-state index >= 15 is 0 Å². The molecular weight excluding hydrogens is 376 g/mol. The van der Waals surface area contributed by atoms with Crippen LogP contribution in [0.4, 0.5) is 0 Å². The SMILES string of the molecule is COC(=O)c1ccc(Oc2nc(-c3ccc(Cl)cc3)nc3ccccc23)cc1. The van der Waals surface area contributed by atoms with Crippen molar-refractivity contribution in [3.63, 3.8) is 0 Å². The first-order chi connectivity index (χ1) is 13.6. The molecule has 0 spiro atoms. The van der Waals surface area contributed by atoms with Gasteiger partial charge in [-0.1, -0.05) is 23.7 Å². The molecular formula is C22H15ClN2O3. The van der Waals surface area contributed by atoms with Crippen LogP contribution in [0.15, 0.2) is 72.8 Å². The van der Waals surface area contributed by atoms with E-state index < -0.39 is 5.97 Å². The van der Waals surface area contributed by atoms with E-state index in [-0.39, 0.29) is 0 Å². The second kappa shape index (κ2) is 7.66. The number of benzene rings is 3. The van der Waals surface area contributed by atoms with Crippen molar-refractivity contribution in [2.45, 2.75) is 0 Å². The van der Waals surface area contributed by atoms with Gasteiger partial charge in [-0.05, 0) is 60.7 Å². The smallest absolute Gasteiger partial charge is 0.337 e. The Hall–Kier alpha value is -3.44. The zero-order chi connectivity index (χ0) is 19.5. The third kappa shape index (κ3) is 3.66.